The number of benzene rings is 1. The first-order valence-corrected chi connectivity index (χ1v) is 7.03. The van der Waals surface area contributed by atoms with E-state index in [-0.39, 0.29) is 11.4 Å². The fraction of sp³-hybridized carbons (Fsp3) is 0.375. The molecule has 22 heavy (non-hydrogen) atoms. The van der Waals surface area contributed by atoms with E-state index in [4.69, 9.17) is 10.00 Å². The van der Waals surface area contributed by atoms with E-state index in [1.165, 1.54) is 12.3 Å². The van der Waals surface area contributed by atoms with Crippen molar-refractivity contribution in [3.8, 4) is 6.07 Å². The van der Waals surface area contributed by atoms with Crippen molar-refractivity contribution in [3.63, 3.8) is 0 Å². The predicted octanol–water partition coefficient (Wildman–Crippen LogP) is 1.52. The standard InChI is InChI=1S/C16H20FN3O2/c1-22-10-4-8-20-16(21)14(11-18)12-19-9-7-13-5-2-3-6-15(13)17/h2-3,5-6,12,19H,4,7-10H2,1H3,(H,20,21)/b14-12-. The summed E-state index contributed by atoms with van der Waals surface area (Å²) in [6.07, 6.45) is 2.51. The number of nitriles is 1. The normalized spacial score (nSPS) is 10.9. The third-order valence-electron chi connectivity index (χ3n) is 2.92. The van der Waals surface area contributed by atoms with Crippen LogP contribution in [0.5, 0.6) is 0 Å². The number of hydrogen-bond acceptors (Lipinski definition) is 4. The minimum Gasteiger partial charge on any atom is -0.389 e. The molecule has 0 aromatic heterocycles. The molecule has 0 saturated heterocycles. The molecule has 1 rings (SSSR count). The second-order valence-corrected chi connectivity index (χ2v) is 4.57. The van der Waals surface area contributed by atoms with Gasteiger partial charge in [0, 0.05) is 33.0 Å². The molecule has 0 aliphatic carbocycles. The third kappa shape index (κ3) is 6.37. The van der Waals surface area contributed by atoms with Gasteiger partial charge >= 0.3 is 0 Å². The van der Waals surface area contributed by atoms with E-state index in [0.717, 1.165) is 0 Å². The fourth-order valence-corrected chi connectivity index (χ4v) is 1.74. The minimum absolute atomic E-state index is 0.00838. The molecule has 0 atom stereocenters. The van der Waals surface area contributed by atoms with Gasteiger partial charge in [0.2, 0.25) is 0 Å². The lowest BCUT2D eigenvalue weighted by Gasteiger charge is -2.05. The van der Waals surface area contributed by atoms with Gasteiger partial charge in [-0.25, -0.2) is 4.39 Å². The van der Waals surface area contributed by atoms with Crippen molar-refractivity contribution in [3.05, 3.63) is 47.4 Å². The van der Waals surface area contributed by atoms with E-state index < -0.39 is 5.91 Å². The Hall–Kier alpha value is -2.39. The van der Waals surface area contributed by atoms with Crippen molar-refractivity contribution >= 4 is 5.91 Å². The first-order valence-electron chi connectivity index (χ1n) is 7.03. The van der Waals surface area contributed by atoms with Crippen LogP contribution in [0.25, 0.3) is 0 Å². The largest absolute Gasteiger partial charge is 0.389 e. The number of amides is 1. The van der Waals surface area contributed by atoms with Crippen molar-refractivity contribution in [2.75, 3.05) is 26.8 Å². The Morgan fingerprint density at radius 3 is 2.86 bits per heavy atom. The molecule has 5 nitrogen and oxygen atoms in total. The van der Waals surface area contributed by atoms with Crippen molar-refractivity contribution < 1.29 is 13.9 Å². The van der Waals surface area contributed by atoms with Gasteiger partial charge in [-0.15, -0.1) is 0 Å². The number of ether oxygens (including phenoxy) is 1. The van der Waals surface area contributed by atoms with Crippen molar-refractivity contribution in [1.82, 2.24) is 10.6 Å². The van der Waals surface area contributed by atoms with Crippen LogP contribution in [0.2, 0.25) is 0 Å². The van der Waals surface area contributed by atoms with E-state index in [0.29, 0.717) is 38.1 Å². The zero-order valence-corrected chi connectivity index (χ0v) is 12.6. The summed E-state index contributed by atoms with van der Waals surface area (Å²) < 4.78 is 18.3. The second-order valence-electron chi connectivity index (χ2n) is 4.57. The summed E-state index contributed by atoms with van der Waals surface area (Å²) in [4.78, 5) is 11.7. The average molecular weight is 305 g/mol. The molecule has 118 valence electrons. The predicted molar refractivity (Wildman–Crippen MR) is 81.3 cm³/mol. The summed E-state index contributed by atoms with van der Waals surface area (Å²) in [5, 5.41) is 14.4. The average Bonchev–Trinajstić information content (AvgIpc) is 2.53. The molecule has 0 radical (unpaired) electrons. The van der Waals surface area contributed by atoms with Crippen LogP contribution in [0.15, 0.2) is 36.0 Å². The van der Waals surface area contributed by atoms with Gasteiger partial charge in [0.15, 0.2) is 0 Å². The number of carbonyl (C=O) groups excluding carboxylic acids is 1. The lowest BCUT2D eigenvalue weighted by molar-refractivity contribution is -0.117. The molecular formula is C16H20FN3O2. The van der Waals surface area contributed by atoms with Crippen LogP contribution in [-0.4, -0.2) is 32.7 Å². The van der Waals surface area contributed by atoms with Crippen molar-refractivity contribution in [2.45, 2.75) is 12.8 Å². The SMILES string of the molecule is COCCCNC(=O)/C(C#N)=C\NCCc1ccccc1F. The Morgan fingerprint density at radius 2 is 2.18 bits per heavy atom. The molecular weight excluding hydrogens is 285 g/mol. The highest BCUT2D eigenvalue weighted by atomic mass is 19.1. The van der Waals surface area contributed by atoms with E-state index in [9.17, 15) is 9.18 Å². The molecule has 0 spiro atoms. The maximum absolute atomic E-state index is 13.4. The number of carbonyl (C=O) groups is 1. The molecule has 6 heteroatoms. The monoisotopic (exact) mass is 305 g/mol. The zero-order valence-electron chi connectivity index (χ0n) is 12.6. The smallest absolute Gasteiger partial charge is 0.263 e. The maximum Gasteiger partial charge on any atom is 0.263 e. The molecule has 1 aromatic carbocycles. The van der Waals surface area contributed by atoms with Gasteiger partial charge in [-0.05, 0) is 24.5 Å². The lowest BCUT2D eigenvalue weighted by atomic mass is 10.1. The molecule has 2 N–H and O–H groups in total. The highest BCUT2D eigenvalue weighted by Crippen LogP contribution is 2.06. The number of nitrogens with one attached hydrogen (secondary N) is 2. The van der Waals surface area contributed by atoms with Gasteiger partial charge in [-0.3, -0.25) is 4.79 Å². The Bertz CT molecular complexity index is 553. The molecule has 0 saturated carbocycles. The molecule has 1 amide bonds. The van der Waals surface area contributed by atoms with E-state index >= 15 is 0 Å². The van der Waals surface area contributed by atoms with Gasteiger partial charge in [-0.1, -0.05) is 18.2 Å². The lowest BCUT2D eigenvalue weighted by Crippen LogP contribution is -2.27. The highest BCUT2D eigenvalue weighted by molar-refractivity contribution is 5.97. The van der Waals surface area contributed by atoms with Crippen LogP contribution in [-0.2, 0) is 16.0 Å². The van der Waals surface area contributed by atoms with Gasteiger partial charge < -0.3 is 15.4 Å². The first-order chi connectivity index (χ1) is 10.7. The van der Waals surface area contributed by atoms with Crippen LogP contribution in [0, 0.1) is 17.1 Å². The Labute approximate surface area is 129 Å². The first kappa shape index (κ1) is 17.7. The number of halogens is 1. The summed E-state index contributed by atoms with van der Waals surface area (Å²) in [6, 6.07) is 8.34. The fourth-order valence-electron chi connectivity index (χ4n) is 1.74. The molecule has 0 heterocycles. The number of nitrogens with zero attached hydrogens (tertiary/aromatic N) is 1. The summed E-state index contributed by atoms with van der Waals surface area (Å²) in [5.74, 6) is -0.693. The van der Waals surface area contributed by atoms with E-state index in [1.54, 1.807) is 25.3 Å². The highest BCUT2D eigenvalue weighted by Gasteiger charge is 2.07. The molecule has 1 aromatic rings. The summed E-state index contributed by atoms with van der Waals surface area (Å²) in [7, 11) is 1.59. The summed E-state index contributed by atoms with van der Waals surface area (Å²) >= 11 is 0. The van der Waals surface area contributed by atoms with Crippen LogP contribution in [0.1, 0.15) is 12.0 Å². The molecule has 0 unspecified atom stereocenters. The van der Waals surface area contributed by atoms with E-state index in [2.05, 4.69) is 10.6 Å². The Morgan fingerprint density at radius 1 is 1.41 bits per heavy atom. The van der Waals surface area contributed by atoms with Crippen LogP contribution in [0.4, 0.5) is 4.39 Å². The molecule has 0 fully saturated rings. The van der Waals surface area contributed by atoms with Gasteiger partial charge in [0.25, 0.3) is 5.91 Å². The number of methoxy groups -OCH3 is 1. The third-order valence-corrected chi connectivity index (χ3v) is 2.92. The zero-order chi connectivity index (χ0) is 16.2. The van der Waals surface area contributed by atoms with Gasteiger partial charge in [0.05, 0.1) is 0 Å². The number of rotatable bonds is 9. The summed E-state index contributed by atoms with van der Waals surface area (Å²) in [5.41, 5.74) is 0.580. The topological polar surface area (TPSA) is 74.1 Å². The van der Waals surface area contributed by atoms with Gasteiger partial charge in [-0.2, -0.15) is 5.26 Å². The Kier molecular flexibility index (Phi) is 8.31. The second kappa shape index (κ2) is 10.4. The minimum atomic E-state index is -0.433. The molecule has 0 aliphatic rings. The van der Waals surface area contributed by atoms with Crippen LogP contribution >= 0.6 is 0 Å². The quantitative estimate of drug-likeness (QED) is 0.412. The van der Waals surface area contributed by atoms with E-state index in [1.807, 2.05) is 6.07 Å². The Balaban J connectivity index is 2.37. The van der Waals surface area contributed by atoms with Crippen molar-refractivity contribution in [1.29, 1.82) is 5.26 Å². The number of hydrogen-bond donors (Lipinski definition) is 2. The van der Waals surface area contributed by atoms with Gasteiger partial charge in [0.1, 0.15) is 17.5 Å². The van der Waals surface area contributed by atoms with Crippen molar-refractivity contribution in [2.24, 2.45) is 0 Å². The van der Waals surface area contributed by atoms with Crippen LogP contribution in [0.3, 0.4) is 0 Å². The molecule has 0 bridgehead atoms. The summed E-state index contributed by atoms with van der Waals surface area (Å²) in [6.45, 7) is 1.43. The molecule has 0 aliphatic heterocycles. The van der Waals surface area contributed by atoms with Crippen LogP contribution < -0.4 is 10.6 Å². The maximum atomic E-state index is 13.4.